The molecule has 0 N–H and O–H groups in total. The molecule has 0 heterocycles. The Bertz CT molecular complexity index is 453. The van der Waals surface area contributed by atoms with Crippen molar-refractivity contribution in [2.45, 2.75) is 20.8 Å². The van der Waals surface area contributed by atoms with Gasteiger partial charge in [0.1, 0.15) is 0 Å². The Morgan fingerprint density at radius 2 is 1.76 bits per heavy atom. The van der Waals surface area contributed by atoms with E-state index >= 15 is 0 Å². The number of carbonyl (C=O) groups excluding carboxylic acids is 1. The maximum Gasteiger partial charge on any atom is 0.269 e. The molecule has 0 aliphatic carbocycles. The van der Waals surface area contributed by atoms with Crippen LogP contribution in [-0.2, 0) is 4.79 Å². The van der Waals surface area contributed by atoms with Crippen molar-refractivity contribution in [3.05, 3.63) is 46.0 Å². The van der Waals surface area contributed by atoms with Crippen molar-refractivity contribution in [1.29, 1.82) is 0 Å². The second-order valence-corrected chi connectivity index (χ2v) is 4.80. The van der Waals surface area contributed by atoms with E-state index in [-0.39, 0.29) is 11.5 Å². The predicted molar refractivity (Wildman–Crippen MR) is 66.6 cm³/mol. The summed E-state index contributed by atoms with van der Waals surface area (Å²) in [4.78, 5) is 21.6. The summed E-state index contributed by atoms with van der Waals surface area (Å²) in [5.74, 6) is 0.0239. The zero-order valence-electron chi connectivity index (χ0n) is 10.1. The highest BCUT2D eigenvalue weighted by molar-refractivity contribution is 5.97. The van der Waals surface area contributed by atoms with Crippen LogP contribution in [-0.4, -0.2) is 10.7 Å². The summed E-state index contributed by atoms with van der Waals surface area (Å²) in [5, 5.41) is 10.4. The molecule has 0 aliphatic rings. The topological polar surface area (TPSA) is 60.2 Å². The summed E-state index contributed by atoms with van der Waals surface area (Å²) in [6.07, 6.45) is 3.17. The maximum atomic E-state index is 11.6. The van der Waals surface area contributed by atoms with E-state index in [0.29, 0.717) is 0 Å². The molecule has 0 amide bonds. The number of benzene rings is 1. The lowest BCUT2D eigenvalue weighted by molar-refractivity contribution is -0.384. The number of allylic oxidation sites excluding steroid dienone is 1. The van der Waals surface area contributed by atoms with Crippen LogP contribution < -0.4 is 0 Å². The fourth-order valence-electron chi connectivity index (χ4n) is 1.13. The normalized spacial score (nSPS) is 11.7. The van der Waals surface area contributed by atoms with Gasteiger partial charge < -0.3 is 0 Å². The number of nitrogens with zero attached hydrogens (tertiary/aromatic N) is 1. The van der Waals surface area contributed by atoms with Gasteiger partial charge in [-0.3, -0.25) is 14.9 Å². The lowest BCUT2D eigenvalue weighted by Gasteiger charge is -2.12. The van der Waals surface area contributed by atoms with Crippen molar-refractivity contribution in [1.82, 2.24) is 0 Å². The van der Waals surface area contributed by atoms with Gasteiger partial charge in [-0.1, -0.05) is 26.8 Å². The molecule has 0 saturated carbocycles. The van der Waals surface area contributed by atoms with Crippen molar-refractivity contribution in [2.75, 3.05) is 0 Å². The Labute approximate surface area is 100 Å². The first kappa shape index (κ1) is 13.1. The van der Waals surface area contributed by atoms with Crippen LogP contribution in [0.2, 0.25) is 0 Å². The average molecular weight is 233 g/mol. The van der Waals surface area contributed by atoms with E-state index in [4.69, 9.17) is 0 Å². The van der Waals surface area contributed by atoms with E-state index in [1.807, 2.05) is 20.8 Å². The summed E-state index contributed by atoms with van der Waals surface area (Å²) in [6.45, 7) is 5.53. The maximum absolute atomic E-state index is 11.6. The molecule has 4 nitrogen and oxygen atoms in total. The molecule has 1 rings (SSSR count). The van der Waals surface area contributed by atoms with E-state index in [9.17, 15) is 14.9 Å². The first-order valence-corrected chi connectivity index (χ1v) is 5.27. The minimum atomic E-state index is -0.451. The summed E-state index contributed by atoms with van der Waals surface area (Å²) >= 11 is 0. The molecule has 0 atom stereocenters. The van der Waals surface area contributed by atoms with Gasteiger partial charge in [0.15, 0.2) is 5.78 Å². The van der Waals surface area contributed by atoms with Gasteiger partial charge in [0, 0.05) is 17.5 Å². The third-order valence-corrected chi connectivity index (χ3v) is 2.27. The van der Waals surface area contributed by atoms with Gasteiger partial charge in [-0.05, 0) is 23.8 Å². The minimum Gasteiger partial charge on any atom is -0.294 e. The molecule has 17 heavy (non-hydrogen) atoms. The van der Waals surface area contributed by atoms with Crippen LogP contribution in [0, 0.1) is 15.5 Å². The van der Waals surface area contributed by atoms with Crippen LogP contribution >= 0.6 is 0 Å². The Hall–Kier alpha value is -1.97. The Morgan fingerprint density at radius 3 is 2.18 bits per heavy atom. The lowest BCUT2D eigenvalue weighted by atomic mass is 9.90. The molecular weight excluding hydrogens is 218 g/mol. The molecule has 0 saturated heterocycles. The molecular formula is C13H15NO3. The molecule has 0 bridgehead atoms. The molecule has 0 aromatic heterocycles. The summed E-state index contributed by atoms with van der Waals surface area (Å²) in [6, 6.07) is 6.07. The van der Waals surface area contributed by atoms with Crippen LogP contribution in [0.3, 0.4) is 0 Å². The Kier molecular flexibility index (Phi) is 3.78. The number of non-ortho nitro benzene ring substituents is 1. The largest absolute Gasteiger partial charge is 0.294 e. The van der Waals surface area contributed by atoms with Gasteiger partial charge in [0.2, 0.25) is 0 Å². The number of ketones is 1. The number of nitro groups is 1. The Morgan fingerprint density at radius 1 is 1.24 bits per heavy atom. The van der Waals surface area contributed by atoms with Crippen LogP contribution in [0.25, 0.3) is 6.08 Å². The molecule has 0 unspecified atom stereocenters. The molecule has 0 radical (unpaired) electrons. The van der Waals surface area contributed by atoms with Crippen LogP contribution in [0.4, 0.5) is 5.69 Å². The SMILES string of the molecule is CC(C)(C)C(=O)/C=C/c1ccc([N+](=O)[O-])cc1. The van der Waals surface area contributed by atoms with E-state index in [0.717, 1.165) is 5.56 Å². The van der Waals surface area contributed by atoms with Crippen molar-refractivity contribution in [2.24, 2.45) is 5.41 Å². The second-order valence-electron chi connectivity index (χ2n) is 4.80. The molecule has 0 fully saturated rings. The van der Waals surface area contributed by atoms with Crippen molar-refractivity contribution in [3.63, 3.8) is 0 Å². The average Bonchev–Trinajstić information content (AvgIpc) is 2.25. The summed E-state index contributed by atoms with van der Waals surface area (Å²) in [5.41, 5.74) is 0.412. The van der Waals surface area contributed by atoms with E-state index in [1.165, 1.54) is 18.2 Å². The van der Waals surface area contributed by atoms with Crippen molar-refractivity contribution < 1.29 is 9.72 Å². The number of hydrogen-bond donors (Lipinski definition) is 0. The van der Waals surface area contributed by atoms with Gasteiger partial charge in [-0.2, -0.15) is 0 Å². The third kappa shape index (κ3) is 3.83. The van der Waals surface area contributed by atoms with Crippen molar-refractivity contribution in [3.8, 4) is 0 Å². The highest BCUT2D eigenvalue weighted by Crippen LogP contribution is 2.17. The number of nitro benzene ring substituents is 1. The van der Waals surface area contributed by atoms with Gasteiger partial charge in [0.25, 0.3) is 5.69 Å². The molecule has 1 aromatic rings. The minimum absolute atomic E-state index is 0.0239. The monoisotopic (exact) mass is 233 g/mol. The zero-order chi connectivity index (χ0) is 13.1. The van der Waals surface area contributed by atoms with E-state index in [2.05, 4.69) is 0 Å². The lowest BCUT2D eigenvalue weighted by Crippen LogP contribution is -2.17. The first-order valence-electron chi connectivity index (χ1n) is 5.27. The summed E-state index contributed by atoms with van der Waals surface area (Å²) in [7, 11) is 0. The van der Waals surface area contributed by atoms with Crippen LogP contribution in [0.15, 0.2) is 30.3 Å². The fraction of sp³-hybridized carbons (Fsp3) is 0.308. The smallest absolute Gasteiger partial charge is 0.269 e. The molecule has 0 aliphatic heterocycles. The van der Waals surface area contributed by atoms with Gasteiger partial charge in [-0.25, -0.2) is 0 Å². The van der Waals surface area contributed by atoms with Crippen LogP contribution in [0.1, 0.15) is 26.3 Å². The van der Waals surface area contributed by atoms with E-state index in [1.54, 1.807) is 18.2 Å². The highest BCUT2D eigenvalue weighted by atomic mass is 16.6. The predicted octanol–water partition coefficient (Wildman–Crippen LogP) is 3.22. The molecule has 90 valence electrons. The molecule has 1 aromatic carbocycles. The van der Waals surface area contributed by atoms with Gasteiger partial charge in [0.05, 0.1) is 4.92 Å². The molecule has 4 heteroatoms. The second kappa shape index (κ2) is 4.91. The fourth-order valence-corrected chi connectivity index (χ4v) is 1.13. The molecule has 0 spiro atoms. The van der Waals surface area contributed by atoms with Gasteiger partial charge in [-0.15, -0.1) is 0 Å². The Balaban J connectivity index is 2.80. The van der Waals surface area contributed by atoms with Crippen molar-refractivity contribution >= 4 is 17.5 Å². The number of rotatable bonds is 3. The highest BCUT2D eigenvalue weighted by Gasteiger charge is 2.17. The van der Waals surface area contributed by atoms with Gasteiger partial charge >= 0.3 is 0 Å². The van der Waals surface area contributed by atoms with Crippen LogP contribution in [0.5, 0.6) is 0 Å². The summed E-state index contributed by atoms with van der Waals surface area (Å²) < 4.78 is 0. The number of carbonyl (C=O) groups is 1. The first-order chi connectivity index (χ1) is 7.80. The standard InChI is InChI=1S/C13H15NO3/c1-13(2,3)12(15)9-6-10-4-7-11(8-5-10)14(16)17/h4-9H,1-3H3/b9-6+. The van der Waals surface area contributed by atoms with E-state index < -0.39 is 10.3 Å². The third-order valence-electron chi connectivity index (χ3n) is 2.27. The zero-order valence-corrected chi connectivity index (χ0v) is 10.1. The quantitative estimate of drug-likeness (QED) is 0.457. The number of hydrogen-bond acceptors (Lipinski definition) is 3.